The molecule has 1 aromatic carbocycles. The Labute approximate surface area is 167 Å². The summed E-state index contributed by atoms with van der Waals surface area (Å²) in [6, 6.07) is 13.8. The molecule has 7 heteroatoms. The van der Waals surface area contributed by atoms with Crippen LogP contribution in [-0.4, -0.2) is 22.1 Å². The summed E-state index contributed by atoms with van der Waals surface area (Å²) in [5, 5.41) is 11.0. The number of rotatable bonds is 5. The van der Waals surface area contributed by atoms with Crippen LogP contribution in [0.4, 0.5) is 0 Å². The van der Waals surface area contributed by atoms with Crippen molar-refractivity contribution >= 4 is 17.2 Å². The van der Waals surface area contributed by atoms with Crippen LogP contribution in [0.5, 0.6) is 0 Å². The molecule has 1 aliphatic rings. The van der Waals surface area contributed by atoms with Gasteiger partial charge < -0.3 is 14.8 Å². The molecule has 0 saturated heterocycles. The number of nitrogens with one attached hydrogen (secondary N) is 2. The van der Waals surface area contributed by atoms with Crippen LogP contribution in [0.3, 0.4) is 0 Å². The Balaban J connectivity index is 1.49. The zero-order chi connectivity index (χ0) is 19.7. The Morgan fingerprint density at radius 1 is 1.29 bits per heavy atom. The number of thiophene rings is 1. The number of carbonyl (C=O) groups is 1. The fraction of sp³-hybridized carbons (Fsp3) is 0.238. The van der Waals surface area contributed by atoms with E-state index in [9.17, 15) is 4.79 Å². The summed E-state index contributed by atoms with van der Waals surface area (Å²) in [6.45, 7) is 6.86. The highest BCUT2D eigenvalue weighted by molar-refractivity contribution is 7.13. The van der Waals surface area contributed by atoms with Crippen LogP contribution in [0.15, 0.2) is 63.8 Å². The number of hydrogen-bond acceptors (Lipinski definition) is 6. The topological polar surface area (TPSA) is 70.4 Å². The van der Waals surface area contributed by atoms with Crippen molar-refractivity contribution in [1.29, 1.82) is 0 Å². The molecule has 0 fully saturated rings. The first-order valence-corrected chi connectivity index (χ1v) is 10.0. The van der Waals surface area contributed by atoms with Crippen molar-refractivity contribution in [2.45, 2.75) is 33.4 Å². The van der Waals surface area contributed by atoms with Crippen molar-refractivity contribution in [3.8, 4) is 10.6 Å². The number of aromatic nitrogens is 1. The van der Waals surface area contributed by atoms with E-state index in [-0.39, 0.29) is 17.6 Å². The largest absolute Gasteiger partial charge is 0.355 e. The molecule has 4 rings (SSSR count). The van der Waals surface area contributed by atoms with E-state index in [1.54, 1.807) is 17.4 Å². The zero-order valence-corrected chi connectivity index (χ0v) is 16.8. The monoisotopic (exact) mass is 394 g/mol. The Kier molecular flexibility index (Phi) is 5.02. The number of allylic oxidation sites excluding steroid dienone is 1. The van der Waals surface area contributed by atoms with Crippen molar-refractivity contribution < 1.29 is 9.32 Å². The maximum Gasteiger partial charge on any atom is 0.277 e. The molecule has 2 N–H and O–H groups in total. The van der Waals surface area contributed by atoms with Gasteiger partial charge in [-0.3, -0.25) is 4.79 Å². The van der Waals surface area contributed by atoms with Gasteiger partial charge in [0.05, 0.1) is 23.2 Å². The van der Waals surface area contributed by atoms with Crippen LogP contribution in [0.25, 0.3) is 10.6 Å². The third kappa shape index (κ3) is 3.58. The van der Waals surface area contributed by atoms with Gasteiger partial charge >= 0.3 is 0 Å². The van der Waals surface area contributed by atoms with Gasteiger partial charge in [-0.15, -0.1) is 11.3 Å². The normalized spacial score (nSPS) is 16.7. The summed E-state index contributed by atoms with van der Waals surface area (Å²) >= 11 is 1.55. The number of hydrogen-bond donors (Lipinski definition) is 2. The van der Waals surface area contributed by atoms with Gasteiger partial charge in [0.15, 0.2) is 11.5 Å². The van der Waals surface area contributed by atoms with Gasteiger partial charge in [-0.2, -0.15) is 0 Å². The molecule has 0 bridgehead atoms. The minimum atomic E-state index is -0.271. The quantitative estimate of drug-likeness (QED) is 0.682. The number of benzene rings is 1. The number of amides is 1. The average Bonchev–Trinajstić information content (AvgIpc) is 3.41. The van der Waals surface area contributed by atoms with Gasteiger partial charge in [0.2, 0.25) is 0 Å². The Morgan fingerprint density at radius 3 is 2.86 bits per heavy atom. The predicted octanol–water partition coefficient (Wildman–Crippen LogP) is 4.08. The Morgan fingerprint density at radius 2 is 2.11 bits per heavy atom. The molecular formula is C21H22N4O2S. The van der Waals surface area contributed by atoms with Gasteiger partial charge in [-0.05, 0) is 43.3 Å². The van der Waals surface area contributed by atoms with Gasteiger partial charge in [0.1, 0.15) is 0 Å². The maximum absolute atomic E-state index is 12.7. The molecule has 0 unspecified atom stereocenters. The fourth-order valence-corrected chi connectivity index (χ4v) is 3.95. The molecule has 0 saturated carbocycles. The van der Waals surface area contributed by atoms with E-state index in [1.165, 1.54) is 11.1 Å². The van der Waals surface area contributed by atoms with E-state index < -0.39 is 0 Å². The lowest BCUT2D eigenvalue weighted by Gasteiger charge is -2.22. The lowest BCUT2D eigenvalue weighted by Crippen LogP contribution is -2.37. The second kappa shape index (κ2) is 7.61. The highest BCUT2D eigenvalue weighted by Crippen LogP contribution is 2.26. The van der Waals surface area contributed by atoms with Crippen molar-refractivity contribution in [1.82, 2.24) is 20.9 Å². The average molecular weight is 395 g/mol. The second-order valence-electron chi connectivity index (χ2n) is 6.87. The maximum atomic E-state index is 12.7. The molecule has 1 aliphatic heterocycles. The van der Waals surface area contributed by atoms with Crippen LogP contribution in [0.2, 0.25) is 0 Å². The van der Waals surface area contributed by atoms with Gasteiger partial charge in [0.25, 0.3) is 5.91 Å². The lowest BCUT2D eigenvalue weighted by molar-refractivity contribution is 0.0954. The molecule has 28 heavy (non-hydrogen) atoms. The van der Waals surface area contributed by atoms with E-state index in [0.717, 1.165) is 22.8 Å². The molecule has 1 atom stereocenters. The molecular weight excluding hydrogens is 372 g/mol. The second-order valence-corrected chi connectivity index (χ2v) is 7.82. The van der Waals surface area contributed by atoms with Crippen LogP contribution < -0.4 is 10.7 Å². The molecule has 6 nitrogen and oxygen atoms in total. The summed E-state index contributed by atoms with van der Waals surface area (Å²) in [7, 11) is 0. The van der Waals surface area contributed by atoms with Crippen LogP contribution in [0, 0.1) is 6.92 Å². The minimum Gasteiger partial charge on any atom is -0.355 e. The molecule has 0 spiro atoms. The predicted molar refractivity (Wildman–Crippen MR) is 109 cm³/mol. The van der Waals surface area contributed by atoms with Gasteiger partial charge in [-0.1, -0.05) is 35.5 Å². The van der Waals surface area contributed by atoms with E-state index in [4.69, 9.17) is 4.52 Å². The van der Waals surface area contributed by atoms with Crippen molar-refractivity contribution in [2.24, 2.45) is 0 Å². The summed E-state index contributed by atoms with van der Waals surface area (Å²) in [5.41, 5.74) is 8.01. The number of aryl methyl sites for hydroxylation is 1. The molecule has 3 heterocycles. The number of nitrogens with zero attached hydrogens (tertiary/aromatic N) is 2. The summed E-state index contributed by atoms with van der Waals surface area (Å²) in [5.74, 6) is 0.330. The lowest BCUT2D eigenvalue weighted by atomic mass is 10.1. The highest BCUT2D eigenvalue weighted by Gasteiger charge is 2.28. The Bertz CT molecular complexity index is 1020. The van der Waals surface area contributed by atoms with Crippen molar-refractivity contribution in [3.63, 3.8) is 0 Å². The molecule has 0 aliphatic carbocycles. The summed E-state index contributed by atoms with van der Waals surface area (Å²) in [4.78, 5) is 13.6. The molecule has 3 aromatic rings. The first-order valence-electron chi connectivity index (χ1n) is 9.14. The SMILES string of the molecule is CC1=C(NC(=O)c2cc(-c3cccs3)on2)[C@@H](C)NN1Cc1ccccc1C. The first-order chi connectivity index (χ1) is 13.5. The minimum absolute atomic E-state index is 0.00312. The highest BCUT2D eigenvalue weighted by atomic mass is 32.1. The summed E-state index contributed by atoms with van der Waals surface area (Å²) in [6.07, 6.45) is 0. The zero-order valence-electron chi connectivity index (χ0n) is 16.0. The van der Waals surface area contributed by atoms with Crippen LogP contribution in [-0.2, 0) is 6.54 Å². The molecule has 144 valence electrons. The van der Waals surface area contributed by atoms with E-state index >= 15 is 0 Å². The van der Waals surface area contributed by atoms with Gasteiger partial charge in [0, 0.05) is 11.8 Å². The smallest absolute Gasteiger partial charge is 0.277 e. The Hall–Kier alpha value is -2.90. The van der Waals surface area contributed by atoms with Crippen LogP contribution in [0.1, 0.15) is 35.5 Å². The molecule has 2 aromatic heterocycles. The summed E-state index contributed by atoms with van der Waals surface area (Å²) < 4.78 is 5.32. The van der Waals surface area contributed by atoms with E-state index in [0.29, 0.717) is 5.76 Å². The molecule has 1 amide bonds. The molecule has 0 radical (unpaired) electrons. The van der Waals surface area contributed by atoms with Gasteiger partial charge in [-0.25, -0.2) is 5.43 Å². The fourth-order valence-electron chi connectivity index (χ4n) is 3.28. The van der Waals surface area contributed by atoms with Crippen molar-refractivity contribution in [2.75, 3.05) is 0 Å². The van der Waals surface area contributed by atoms with Crippen molar-refractivity contribution in [3.05, 3.63) is 76.1 Å². The third-order valence-corrected chi connectivity index (χ3v) is 5.81. The standard InChI is InChI=1S/C21H22N4O2S/c1-13-7-4-5-8-16(13)12-25-15(3)20(14(2)23-25)22-21(26)17-11-18(27-24-17)19-9-6-10-28-19/h4-11,14,23H,12H2,1-3H3,(H,22,26)/t14-/m1/s1. The number of hydrazine groups is 1. The van der Waals surface area contributed by atoms with Crippen LogP contribution >= 0.6 is 11.3 Å². The third-order valence-electron chi connectivity index (χ3n) is 4.92. The van der Waals surface area contributed by atoms with E-state index in [1.807, 2.05) is 43.5 Å². The van der Waals surface area contributed by atoms with E-state index in [2.05, 4.69) is 40.0 Å². The first kappa shape index (κ1) is 18.5. The number of carbonyl (C=O) groups excluding carboxylic acids is 1.